The van der Waals surface area contributed by atoms with Crippen molar-refractivity contribution in [2.75, 3.05) is 12.4 Å². The van der Waals surface area contributed by atoms with E-state index >= 15 is 0 Å². The second-order valence-electron chi connectivity index (χ2n) is 3.80. The van der Waals surface area contributed by atoms with Gasteiger partial charge in [0.1, 0.15) is 5.82 Å². The first kappa shape index (κ1) is 14.1. The number of nitrogens with zero attached hydrogens (tertiary/aromatic N) is 1. The molecule has 0 unspecified atom stereocenters. The van der Waals surface area contributed by atoms with E-state index in [0.29, 0.717) is 17.1 Å². The lowest BCUT2D eigenvalue weighted by Crippen LogP contribution is -2.00. The fraction of sp³-hybridized carbons (Fsp3) is 0.333. The molecule has 0 amide bonds. The molecule has 1 heterocycles. The van der Waals surface area contributed by atoms with Crippen LogP contribution in [0.4, 0.5) is 4.39 Å². The zero-order chi connectivity index (χ0) is 13.5. The number of rotatable bonds is 7. The molecule has 2 rings (SSSR count). The molecule has 0 aliphatic carbocycles. The first-order valence-corrected chi connectivity index (χ1v) is 7.40. The predicted molar refractivity (Wildman–Crippen MR) is 76.4 cm³/mol. The van der Waals surface area contributed by atoms with Crippen LogP contribution in [-0.4, -0.2) is 27.5 Å². The summed E-state index contributed by atoms with van der Waals surface area (Å²) in [7, 11) is 0. The molecule has 102 valence electrons. The average Bonchev–Trinajstić information content (AvgIpc) is 2.81. The lowest BCUT2D eigenvalue weighted by Gasteiger charge is -2.06. The molecule has 19 heavy (non-hydrogen) atoms. The third-order valence-electron chi connectivity index (χ3n) is 2.32. The summed E-state index contributed by atoms with van der Waals surface area (Å²) in [5.74, 6) is 2.52. The van der Waals surface area contributed by atoms with E-state index in [1.54, 1.807) is 30.0 Å². The third kappa shape index (κ3) is 4.68. The van der Waals surface area contributed by atoms with Crippen molar-refractivity contribution in [3.05, 3.63) is 40.7 Å². The van der Waals surface area contributed by atoms with Crippen LogP contribution in [0.3, 0.4) is 0 Å². The van der Waals surface area contributed by atoms with Gasteiger partial charge in [-0.15, -0.1) is 0 Å². The van der Waals surface area contributed by atoms with Crippen molar-refractivity contribution in [3.63, 3.8) is 0 Å². The first-order valence-electron chi connectivity index (χ1n) is 5.84. The van der Waals surface area contributed by atoms with Crippen LogP contribution in [0.1, 0.15) is 12.2 Å². The lowest BCUT2D eigenvalue weighted by atomic mass is 10.3. The van der Waals surface area contributed by atoms with Gasteiger partial charge in [0.2, 0.25) is 4.77 Å². The molecule has 0 saturated heterocycles. The number of hydrogen-bond donors (Lipinski definition) is 2. The summed E-state index contributed by atoms with van der Waals surface area (Å²) in [5.41, 5.74) is 0. The monoisotopic (exact) mass is 299 g/mol. The quantitative estimate of drug-likeness (QED) is 0.608. The van der Waals surface area contributed by atoms with Crippen molar-refractivity contribution in [3.8, 4) is 5.75 Å². The van der Waals surface area contributed by atoms with Gasteiger partial charge >= 0.3 is 0 Å². The number of para-hydroxylation sites is 1. The number of thioether (sulfide) groups is 1. The van der Waals surface area contributed by atoms with Gasteiger partial charge in [-0.3, -0.25) is 10.2 Å². The SMILES string of the molecule is Fc1ccccc1OCCCSCc1nc(=S)[nH][nH]1. The molecular weight excluding hydrogens is 285 g/mol. The number of H-pyrrole nitrogens is 2. The Morgan fingerprint density at radius 1 is 1.32 bits per heavy atom. The number of hydrogen-bond acceptors (Lipinski definition) is 4. The molecule has 0 spiro atoms. The molecule has 0 aliphatic heterocycles. The smallest absolute Gasteiger partial charge is 0.213 e. The van der Waals surface area contributed by atoms with Gasteiger partial charge in [-0.25, -0.2) is 9.37 Å². The third-order valence-corrected chi connectivity index (χ3v) is 3.56. The maximum absolute atomic E-state index is 13.2. The van der Waals surface area contributed by atoms with E-state index in [1.807, 2.05) is 0 Å². The van der Waals surface area contributed by atoms with Gasteiger partial charge in [0, 0.05) is 0 Å². The highest BCUT2D eigenvalue weighted by atomic mass is 32.2. The van der Waals surface area contributed by atoms with Crippen LogP contribution in [0.25, 0.3) is 0 Å². The average molecular weight is 299 g/mol. The molecule has 0 fully saturated rings. The minimum atomic E-state index is -0.320. The van der Waals surface area contributed by atoms with Crippen molar-refractivity contribution in [2.24, 2.45) is 0 Å². The highest BCUT2D eigenvalue weighted by Crippen LogP contribution is 2.16. The summed E-state index contributed by atoms with van der Waals surface area (Å²) in [4.78, 5) is 4.09. The number of halogens is 1. The van der Waals surface area contributed by atoms with E-state index in [9.17, 15) is 4.39 Å². The topological polar surface area (TPSA) is 53.7 Å². The van der Waals surface area contributed by atoms with Crippen molar-refractivity contribution >= 4 is 24.0 Å². The molecule has 0 aliphatic rings. The van der Waals surface area contributed by atoms with Crippen LogP contribution >= 0.6 is 24.0 Å². The molecule has 0 radical (unpaired) electrons. The van der Waals surface area contributed by atoms with Crippen molar-refractivity contribution in [1.29, 1.82) is 0 Å². The standard InChI is InChI=1S/C12H14FN3OS2/c13-9-4-1-2-5-10(9)17-6-3-7-19-8-11-14-12(18)16-15-11/h1-2,4-5H,3,6-8H2,(H2,14,15,16,18). The maximum Gasteiger partial charge on any atom is 0.213 e. The highest BCUT2D eigenvalue weighted by molar-refractivity contribution is 7.98. The van der Waals surface area contributed by atoms with E-state index < -0.39 is 0 Å². The second kappa shape index (κ2) is 7.30. The van der Waals surface area contributed by atoms with Crippen molar-refractivity contribution in [1.82, 2.24) is 15.2 Å². The summed E-state index contributed by atoms with van der Waals surface area (Å²) in [6, 6.07) is 6.43. The predicted octanol–water partition coefficient (Wildman–Crippen LogP) is 3.31. The lowest BCUT2D eigenvalue weighted by molar-refractivity contribution is 0.302. The second-order valence-corrected chi connectivity index (χ2v) is 5.29. The molecule has 1 aromatic carbocycles. The van der Waals surface area contributed by atoms with Gasteiger partial charge in [0.15, 0.2) is 11.6 Å². The largest absolute Gasteiger partial charge is 0.490 e. The number of benzene rings is 1. The van der Waals surface area contributed by atoms with Crippen molar-refractivity contribution in [2.45, 2.75) is 12.2 Å². The van der Waals surface area contributed by atoms with Gasteiger partial charge in [0.25, 0.3) is 0 Å². The van der Waals surface area contributed by atoms with Gasteiger partial charge < -0.3 is 4.74 Å². The van der Waals surface area contributed by atoms with Crippen molar-refractivity contribution < 1.29 is 9.13 Å². The van der Waals surface area contributed by atoms with E-state index in [1.165, 1.54) is 6.07 Å². The minimum Gasteiger partial charge on any atom is -0.490 e. The molecule has 0 atom stereocenters. The van der Waals surface area contributed by atoms with Crippen LogP contribution in [0, 0.1) is 10.6 Å². The molecule has 2 N–H and O–H groups in total. The molecular formula is C12H14FN3OS2. The van der Waals surface area contributed by atoms with Crippen LogP contribution in [-0.2, 0) is 5.75 Å². The Hall–Kier alpha value is -1.34. The highest BCUT2D eigenvalue weighted by Gasteiger charge is 2.01. The van der Waals surface area contributed by atoms with Gasteiger partial charge in [-0.1, -0.05) is 12.1 Å². The minimum absolute atomic E-state index is 0.309. The molecule has 4 nitrogen and oxygen atoms in total. The zero-order valence-corrected chi connectivity index (χ0v) is 11.8. The summed E-state index contributed by atoms with van der Waals surface area (Å²) in [6.07, 6.45) is 0.851. The van der Waals surface area contributed by atoms with Gasteiger partial charge in [-0.2, -0.15) is 11.8 Å². The normalized spacial score (nSPS) is 10.6. The molecule has 0 bridgehead atoms. The number of nitrogens with one attached hydrogen (secondary N) is 2. The van der Waals surface area contributed by atoms with Gasteiger partial charge in [0.05, 0.1) is 12.4 Å². The summed E-state index contributed by atoms with van der Waals surface area (Å²) in [5, 5.41) is 5.64. The molecule has 1 aromatic heterocycles. The van der Waals surface area contributed by atoms with E-state index in [0.717, 1.165) is 23.8 Å². The summed E-state index contributed by atoms with van der Waals surface area (Å²) >= 11 is 6.58. The Morgan fingerprint density at radius 3 is 2.89 bits per heavy atom. The van der Waals surface area contributed by atoms with Crippen LogP contribution in [0.2, 0.25) is 0 Å². The van der Waals surface area contributed by atoms with E-state index in [-0.39, 0.29) is 5.82 Å². The van der Waals surface area contributed by atoms with Gasteiger partial charge in [-0.05, 0) is 36.5 Å². The zero-order valence-electron chi connectivity index (χ0n) is 10.2. The molecule has 0 saturated carbocycles. The Bertz CT molecular complexity index is 570. The molecule has 2 aromatic rings. The van der Waals surface area contributed by atoms with E-state index in [2.05, 4.69) is 15.2 Å². The summed E-state index contributed by atoms with van der Waals surface area (Å²) < 4.78 is 19.1. The van der Waals surface area contributed by atoms with Crippen LogP contribution in [0.5, 0.6) is 5.75 Å². The number of aromatic nitrogens is 3. The Balaban J connectivity index is 1.60. The number of aromatic amines is 2. The van der Waals surface area contributed by atoms with Crippen LogP contribution in [0.15, 0.2) is 24.3 Å². The Labute approximate surface area is 119 Å². The van der Waals surface area contributed by atoms with E-state index in [4.69, 9.17) is 17.0 Å². The number of ether oxygens (including phenoxy) is 1. The fourth-order valence-electron chi connectivity index (χ4n) is 1.45. The first-order chi connectivity index (χ1) is 9.25. The maximum atomic E-state index is 13.2. The molecule has 7 heteroatoms. The van der Waals surface area contributed by atoms with Crippen LogP contribution < -0.4 is 4.74 Å². The summed E-state index contributed by atoms with van der Waals surface area (Å²) in [6.45, 7) is 0.504. The fourth-order valence-corrected chi connectivity index (χ4v) is 2.40. The Morgan fingerprint density at radius 2 is 2.16 bits per heavy atom. The Kier molecular flexibility index (Phi) is 5.41.